The average molecular weight is 172 g/mol. The smallest absolute Gasteiger partial charge is 0.365 e. The van der Waals surface area contributed by atoms with Gasteiger partial charge in [-0.2, -0.15) is 5.26 Å². The lowest BCUT2D eigenvalue weighted by Gasteiger charge is -1.93. The monoisotopic (exact) mass is 172 g/mol. The Hall–Kier alpha value is -1.62. The van der Waals surface area contributed by atoms with E-state index in [1.165, 1.54) is 6.08 Å². The zero-order valence-corrected chi connectivity index (χ0v) is 6.23. The van der Waals surface area contributed by atoms with Gasteiger partial charge in [0.2, 0.25) is 0 Å². The number of hydrogen-bond donors (Lipinski definition) is 1. The molecule has 0 aliphatic heterocycles. The molecule has 0 saturated heterocycles. The lowest BCUT2D eigenvalue weighted by Crippen LogP contribution is -2.02. The van der Waals surface area contributed by atoms with Crippen LogP contribution in [0.2, 0.25) is 0 Å². The fourth-order valence-electron chi connectivity index (χ4n) is 0.356. The van der Waals surface area contributed by atoms with Crippen LogP contribution in [0, 0.1) is 0 Å². The molecule has 0 amide bonds. The highest BCUT2D eigenvalue weighted by Gasteiger charge is 1.97. The third-order valence-corrected chi connectivity index (χ3v) is 0.789. The van der Waals surface area contributed by atoms with E-state index in [-0.39, 0.29) is 6.61 Å². The van der Waals surface area contributed by atoms with Crippen molar-refractivity contribution in [2.24, 2.45) is 0 Å². The fourth-order valence-corrected chi connectivity index (χ4v) is 0.356. The molecular weight excluding hydrogens is 164 g/mol. The van der Waals surface area contributed by atoms with E-state index in [0.717, 1.165) is 12.2 Å². The summed E-state index contributed by atoms with van der Waals surface area (Å²) in [5, 5.41) is 7.75. The van der Waals surface area contributed by atoms with Crippen LogP contribution < -0.4 is 0 Å². The first kappa shape index (κ1) is 10.4. The van der Waals surface area contributed by atoms with Crippen molar-refractivity contribution in [3.05, 3.63) is 24.8 Å². The van der Waals surface area contributed by atoms with E-state index in [9.17, 15) is 9.59 Å². The van der Waals surface area contributed by atoms with E-state index in [1.807, 2.05) is 0 Å². The van der Waals surface area contributed by atoms with E-state index < -0.39 is 11.9 Å². The van der Waals surface area contributed by atoms with Crippen molar-refractivity contribution in [3.63, 3.8) is 0 Å². The standard InChI is InChI=1S/C7H8O5/c1-2-5-11-6(8)3-4-7(9)12-10/h2-4,10H,1,5H2/b4-3+. The molecule has 0 bridgehead atoms. The van der Waals surface area contributed by atoms with Gasteiger partial charge in [0.1, 0.15) is 6.61 Å². The molecule has 1 N–H and O–H groups in total. The van der Waals surface area contributed by atoms with Gasteiger partial charge in [-0.15, -0.1) is 0 Å². The molecule has 12 heavy (non-hydrogen) atoms. The summed E-state index contributed by atoms with van der Waals surface area (Å²) < 4.78 is 4.45. The molecule has 0 spiro atoms. The second-order valence-corrected chi connectivity index (χ2v) is 1.66. The first-order valence-electron chi connectivity index (χ1n) is 3.01. The number of hydrogen-bond acceptors (Lipinski definition) is 5. The van der Waals surface area contributed by atoms with Gasteiger partial charge in [-0.05, 0) is 0 Å². The van der Waals surface area contributed by atoms with E-state index in [0.29, 0.717) is 0 Å². The number of ether oxygens (including phenoxy) is 1. The van der Waals surface area contributed by atoms with Crippen molar-refractivity contribution in [1.29, 1.82) is 0 Å². The highest BCUT2D eigenvalue weighted by atomic mass is 17.1. The predicted molar refractivity (Wildman–Crippen MR) is 39.0 cm³/mol. The van der Waals surface area contributed by atoms with Gasteiger partial charge in [-0.25, -0.2) is 9.59 Å². The maximum absolute atomic E-state index is 10.6. The summed E-state index contributed by atoms with van der Waals surface area (Å²) in [6, 6.07) is 0. The first-order chi connectivity index (χ1) is 5.70. The molecule has 0 saturated carbocycles. The van der Waals surface area contributed by atoms with Crippen molar-refractivity contribution in [3.8, 4) is 0 Å². The van der Waals surface area contributed by atoms with Crippen LogP contribution in [-0.4, -0.2) is 23.8 Å². The zero-order chi connectivity index (χ0) is 9.40. The van der Waals surface area contributed by atoms with Gasteiger partial charge in [-0.3, -0.25) is 4.89 Å². The molecule has 0 aromatic carbocycles. The molecule has 5 heteroatoms. The van der Waals surface area contributed by atoms with Crippen LogP contribution in [0.4, 0.5) is 0 Å². The Morgan fingerprint density at radius 2 is 1.92 bits per heavy atom. The molecule has 0 fully saturated rings. The molecule has 5 nitrogen and oxygen atoms in total. The third kappa shape index (κ3) is 5.19. The Kier molecular flexibility index (Phi) is 5.29. The first-order valence-corrected chi connectivity index (χ1v) is 3.01. The summed E-state index contributed by atoms with van der Waals surface area (Å²) >= 11 is 0. The van der Waals surface area contributed by atoms with Crippen LogP contribution >= 0.6 is 0 Å². The largest absolute Gasteiger partial charge is 0.458 e. The molecule has 0 atom stereocenters. The molecule has 0 aromatic rings. The molecule has 0 aromatic heterocycles. The van der Waals surface area contributed by atoms with Crippen molar-refractivity contribution in [1.82, 2.24) is 0 Å². The van der Waals surface area contributed by atoms with Crippen molar-refractivity contribution in [2.45, 2.75) is 0 Å². The van der Waals surface area contributed by atoms with Crippen LogP contribution in [0.5, 0.6) is 0 Å². The van der Waals surface area contributed by atoms with Gasteiger partial charge in [0.05, 0.1) is 0 Å². The fraction of sp³-hybridized carbons (Fsp3) is 0.143. The molecule has 0 heterocycles. The Balaban J connectivity index is 3.75. The second-order valence-electron chi connectivity index (χ2n) is 1.66. The minimum absolute atomic E-state index is 0.0668. The third-order valence-electron chi connectivity index (χ3n) is 0.789. The van der Waals surface area contributed by atoms with Gasteiger partial charge >= 0.3 is 11.9 Å². The summed E-state index contributed by atoms with van der Waals surface area (Å²) in [7, 11) is 0. The van der Waals surface area contributed by atoms with Crippen LogP contribution in [0.25, 0.3) is 0 Å². The number of carbonyl (C=O) groups excluding carboxylic acids is 2. The van der Waals surface area contributed by atoms with Crippen LogP contribution in [0.1, 0.15) is 0 Å². The molecule has 0 unspecified atom stereocenters. The van der Waals surface area contributed by atoms with E-state index >= 15 is 0 Å². The maximum Gasteiger partial charge on any atom is 0.365 e. The van der Waals surface area contributed by atoms with Gasteiger partial charge in [-0.1, -0.05) is 12.7 Å². The van der Waals surface area contributed by atoms with E-state index in [4.69, 9.17) is 5.26 Å². The molecular formula is C7H8O5. The van der Waals surface area contributed by atoms with Gasteiger partial charge < -0.3 is 4.74 Å². The lowest BCUT2D eigenvalue weighted by atomic mass is 10.5. The Bertz CT molecular complexity index is 206. The maximum atomic E-state index is 10.6. The summed E-state index contributed by atoms with van der Waals surface area (Å²) in [6.45, 7) is 3.38. The van der Waals surface area contributed by atoms with Crippen LogP contribution in [0.15, 0.2) is 24.8 Å². The molecule has 0 aliphatic rings. The topological polar surface area (TPSA) is 72.8 Å². The number of rotatable bonds is 4. The normalized spacial score (nSPS) is 9.42. The highest BCUT2D eigenvalue weighted by molar-refractivity contribution is 5.91. The highest BCUT2D eigenvalue weighted by Crippen LogP contribution is 1.83. The molecule has 0 aliphatic carbocycles. The van der Waals surface area contributed by atoms with Crippen LogP contribution in [0.3, 0.4) is 0 Å². The average Bonchev–Trinajstić information content (AvgIpc) is 2.10. The molecule has 0 rings (SSSR count). The second kappa shape index (κ2) is 6.11. The van der Waals surface area contributed by atoms with E-state index in [2.05, 4.69) is 16.2 Å². The summed E-state index contributed by atoms with van der Waals surface area (Å²) in [5.74, 6) is -1.74. The zero-order valence-electron chi connectivity index (χ0n) is 6.23. The van der Waals surface area contributed by atoms with Crippen molar-refractivity contribution >= 4 is 11.9 Å². The predicted octanol–water partition coefficient (Wildman–Crippen LogP) is 0.288. The van der Waals surface area contributed by atoms with Gasteiger partial charge in [0.25, 0.3) is 0 Å². The Morgan fingerprint density at radius 3 is 2.42 bits per heavy atom. The minimum atomic E-state index is -1.04. The van der Waals surface area contributed by atoms with Crippen molar-refractivity contribution in [2.75, 3.05) is 6.61 Å². The van der Waals surface area contributed by atoms with Gasteiger partial charge in [0.15, 0.2) is 0 Å². The number of esters is 1. The molecule has 0 radical (unpaired) electrons. The Morgan fingerprint density at radius 1 is 1.33 bits per heavy atom. The summed E-state index contributed by atoms with van der Waals surface area (Å²) in [6.07, 6.45) is 2.96. The molecule has 66 valence electrons. The Labute approximate surface area is 68.8 Å². The van der Waals surface area contributed by atoms with Gasteiger partial charge in [0, 0.05) is 12.2 Å². The lowest BCUT2D eigenvalue weighted by molar-refractivity contribution is -0.228. The summed E-state index contributed by atoms with van der Waals surface area (Å²) in [5.41, 5.74) is 0. The minimum Gasteiger partial charge on any atom is -0.458 e. The van der Waals surface area contributed by atoms with E-state index in [1.54, 1.807) is 0 Å². The van der Waals surface area contributed by atoms with Crippen molar-refractivity contribution < 1.29 is 24.5 Å². The number of carbonyl (C=O) groups is 2. The SMILES string of the molecule is C=CCOC(=O)/C=C/C(=O)OO. The summed E-state index contributed by atoms with van der Waals surface area (Å²) in [4.78, 5) is 24.0. The van der Waals surface area contributed by atoms with Crippen LogP contribution in [-0.2, 0) is 19.2 Å². The quantitative estimate of drug-likeness (QED) is 0.217.